The topological polar surface area (TPSA) is 80.7 Å². The second-order valence-corrected chi connectivity index (χ2v) is 11.8. The number of quaternary nitrogens is 1. The summed E-state index contributed by atoms with van der Waals surface area (Å²) in [5, 5.41) is -5.70. The Hall–Kier alpha value is -1.01. The molecular weight excluding hydrogens is 509 g/mol. The molecule has 0 bridgehead atoms. The van der Waals surface area contributed by atoms with Crippen LogP contribution in [0.4, 0.5) is 22.0 Å². The molecule has 6 nitrogen and oxygen atoms in total. The molecule has 12 heteroatoms. The number of carbonyl (C=O) groups excluding carboxylic acids is 1. The van der Waals surface area contributed by atoms with Gasteiger partial charge in [-0.3, -0.25) is 9.35 Å². The van der Waals surface area contributed by atoms with Crippen LogP contribution in [0.25, 0.3) is 0 Å². The number of unbranched alkanes of at least 4 members (excludes halogenated alkanes) is 4. The molecule has 0 amide bonds. The number of ether oxygens (including phenoxy) is 1. The van der Waals surface area contributed by atoms with Crippen molar-refractivity contribution in [3.63, 3.8) is 0 Å². The van der Waals surface area contributed by atoms with Crippen LogP contribution in [0.5, 0.6) is 0 Å². The highest BCUT2D eigenvalue weighted by atomic mass is 32.2. The lowest BCUT2D eigenvalue weighted by molar-refractivity contribution is -0.929. The molecule has 0 saturated carbocycles. The summed E-state index contributed by atoms with van der Waals surface area (Å²) in [7, 11) is -6.41. The standard InChI is InChI=1S/C16H36N.C8H11F5O5S/c1-5-9-13-17(14-10-6-2,15-11-7-3)16-12-8-4;1-6(2,3)5(14)18-4(7(9,10)11)8(12,13)19(15,16)17/h5-16H2,1-4H3;4H,1-3H3,(H,15,16,17)/q+1;. The van der Waals surface area contributed by atoms with E-state index in [-0.39, 0.29) is 0 Å². The summed E-state index contributed by atoms with van der Waals surface area (Å²) in [6.45, 7) is 18.3. The third-order valence-corrected chi connectivity index (χ3v) is 6.63. The van der Waals surface area contributed by atoms with Gasteiger partial charge in [0.05, 0.1) is 31.6 Å². The summed E-state index contributed by atoms with van der Waals surface area (Å²) in [6, 6.07) is 0. The maximum Gasteiger partial charge on any atom is 0.432 e. The number of esters is 1. The van der Waals surface area contributed by atoms with E-state index in [9.17, 15) is 35.2 Å². The van der Waals surface area contributed by atoms with Crippen molar-refractivity contribution in [3.8, 4) is 0 Å². The number of alkyl halides is 5. The van der Waals surface area contributed by atoms with Crippen molar-refractivity contribution in [2.45, 2.75) is 117 Å². The van der Waals surface area contributed by atoms with Gasteiger partial charge in [-0.1, -0.05) is 53.4 Å². The number of hydrogen-bond acceptors (Lipinski definition) is 4. The predicted molar refractivity (Wildman–Crippen MR) is 131 cm³/mol. The number of halogens is 5. The van der Waals surface area contributed by atoms with E-state index in [1.54, 1.807) is 0 Å². The van der Waals surface area contributed by atoms with Crippen LogP contribution in [0.2, 0.25) is 0 Å². The van der Waals surface area contributed by atoms with Gasteiger partial charge < -0.3 is 9.22 Å². The Kier molecular flexibility index (Phi) is 16.6. The minimum absolute atomic E-state index is 1.08. The van der Waals surface area contributed by atoms with Crippen molar-refractivity contribution in [3.05, 3.63) is 0 Å². The van der Waals surface area contributed by atoms with Gasteiger partial charge in [-0.25, -0.2) is 0 Å². The van der Waals surface area contributed by atoms with Crippen molar-refractivity contribution in [1.82, 2.24) is 0 Å². The first-order valence-corrected chi connectivity index (χ1v) is 14.2. The third kappa shape index (κ3) is 13.5. The fourth-order valence-corrected chi connectivity index (χ4v) is 3.84. The van der Waals surface area contributed by atoms with Gasteiger partial charge in [-0.15, -0.1) is 0 Å². The Bertz CT molecular complexity index is 684. The Balaban J connectivity index is 0. The van der Waals surface area contributed by atoms with Gasteiger partial charge in [0.15, 0.2) is 0 Å². The van der Waals surface area contributed by atoms with Gasteiger partial charge in [-0.2, -0.15) is 30.4 Å². The van der Waals surface area contributed by atoms with Crippen LogP contribution >= 0.6 is 0 Å². The Morgan fingerprint density at radius 3 is 1.28 bits per heavy atom. The maximum absolute atomic E-state index is 13.0. The average molecular weight is 557 g/mol. The summed E-state index contributed by atoms with van der Waals surface area (Å²) in [4.78, 5) is 11.2. The zero-order valence-corrected chi connectivity index (χ0v) is 23.7. The first-order chi connectivity index (χ1) is 16.3. The molecule has 0 rings (SSSR count). The highest BCUT2D eigenvalue weighted by molar-refractivity contribution is 7.86. The lowest BCUT2D eigenvalue weighted by Crippen LogP contribution is -2.53. The van der Waals surface area contributed by atoms with Gasteiger partial charge in [0, 0.05) is 0 Å². The molecule has 0 spiro atoms. The smallest absolute Gasteiger partial charge is 0.432 e. The molecule has 0 aromatic heterocycles. The molecule has 1 atom stereocenters. The Labute approximate surface area is 214 Å². The molecule has 0 aliphatic rings. The Morgan fingerprint density at radius 1 is 0.778 bits per heavy atom. The first kappa shape index (κ1) is 37.1. The van der Waals surface area contributed by atoms with Gasteiger partial charge in [0.1, 0.15) is 0 Å². The van der Waals surface area contributed by atoms with E-state index >= 15 is 0 Å². The zero-order valence-electron chi connectivity index (χ0n) is 22.9. The van der Waals surface area contributed by atoms with Crippen molar-refractivity contribution >= 4 is 16.1 Å². The summed E-state index contributed by atoms with van der Waals surface area (Å²) in [5.41, 5.74) is -1.57. The van der Waals surface area contributed by atoms with Crippen LogP contribution in [0.15, 0.2) is 0 Å². The minimum atomic E-state index is -6.41. The molecule has 0 aromatic rings. The monoisotopic (exact) mass is 556 g/mol. The third-order valence-electron chi connectivity index (χ3n) is 5.73. The summed E-state index contributed by atoms with van der Waals surface area (Å²) >= 11 is 0. The molecule has 0 aromatic carbocycles. The van der Waals surface area contributed by atoms with E-state index in [0.29, 0.717) is 0 Å². The van der Waals surface area contributed by atoms with Gasteiger partial charge in [0.25, 0.3) is 6.10 Å². The van der Waals surface area contributed by atoms with E-state index in [1.165, 1.54) is 82.0 Å². The number of hydrogen-bond donors (Lipinski definition) is 1. The number of carbonyl (C=O) groups is 1. The molecule has 0 radical (unpaired) electrons. The normalized spacial score (nSPS) is 14.1. The SMILES string of the molecule is CC(C)(C)C(=O)OC(C(F)(F)F)C(F)(F)S(=O)(=O)O.CCCC[N+](CCCC)(CCCC)CCCC. The van der Waals surface area contributed by atoms with Crippen LogP contribution < -0.4 is 0 Å². The molecule has 0 saturated heterocycles. The molecule has 0 aliphatic carbocycles. The van der Waals surface area contributed by atoms with Crippen LogP contribution in [-0.4, -0.2) is 67.1 Å². The molecule has 0 heterocycles. The minimum Gasteiger partial charge on any atom is -0.444 e. The zero-order chi connectivity index (χ0) is 28.8. The lowest BCUT2D eigenvalue weighted by Gasteiger charge is -2.39. The second kappa shape index (κ2) is 16.1. The van der Waals surface area contributed by atoms with E-state index in [1.807, 2.05) is 0 Å². The summed E-state index contributed by atoms with van der Waals surface area (Å²) in [5.74, 6) is -1.70. The molecule has 0 fully saturated rings. The van der Waals surface area contributed by atoms with E-state index in [2.05, 4.69) is 32.4 Å². The van der Waals surface area contributed by atoms with Crippen LogP contribution in [0.1, 0.15) is 99.8 Å². The molecule has 218 valence electrons. The van der Waals surface area contributed by atoms with Crippen molar-refractivity contribution in [1.29, 1.82) is 0 Å². The second-order valence-electron chi connectivity index (χ2n) is 10.3. The van der Waals surface area contributed by atoms with Crippen LogP contribution in [0, 0.1) is 5.41 Å². The van der Waals surface area contributed by atoms with Crippen molar-refractivity contribution < 1.29 is 48.9 Å². The molecule has 1 N–H and O–H groups in total. The van der Waals surface area contributed by atoms with E-state index < -0.39 is 39.0 Å². The van der Waals surface area contributed by atoms with Crippen LogP contribution in [-0.2, 0) is 19.6 Å². The number of rotatable bonds is 15. The maximum atomic E-state index is 13.0. The first-order valence-electron chi connectivity index (χ1n) is 12.7. The number of nitrogens with zero attached hydrogens (tertiary/aromatic N) is 1. The highest BCUT2D eigenvalue weighted by Crippen LogP contribution is 2.39. The van der Waals surface area contributed by atoms with Crippen molar-refractivity contribution in [2.24, 2.45) is 5.41 Å². The molecule has 1 unspecified atom stereocenters. The average Bonchev–Trinajstić information content (AvgIpc) is 2.74. The molecule has 36 heavy (non-hydrogen) atoms. The van der Waals surface area contributed by atoms with Gasteiger partial charge >= 0.3 is 27.5 Å². The molecule has 0 aliphatic heterocycles. The van der Waals surface area contributed by atoms with E-state index in [4.69, 9.17) is 4.55 Å². The fourth-order valence-electron chi connectivity index (χ4n) is 3.39. The lowest BCUT2D eigenvalue weighted by atomic mass is 9.97. The van der Waals surface area contributed by atoms with Crippen LogP contribution in [0.3, 0.4) is 0 Å². The summed E-state index contributed by atoms with van der Waals surface area (Å²) < 4.78 is 96.7. The van der Waals surface area contributed by atoms with E-state index in [0.717, 1.165) is 20.8 Å². The largest absolute Gasteiger partial charge is 0.444 e. The fraction of sp³-hybridized carbons (Fsp3) is 0.958. The quantitative estimate of drug-likeness (QED) is 0.102. The van der Waals surface area contributed by atoms with Gasteiger partial charge in [-0.05, 0) is 46.5 Å². The Morgan fingerprint density at radius 2 is 1.08 bits per heavy atom. The predicted octanol–water partition coefficient (Wildman–Crippen LogP) is 6.99. The van der Waals surface area contributed by atoms with Gasteiger partial charge in [0.2, 0.25) is 0 Å². The van der Waals surface area contributed by atoms with Crippen molar-refractivity contribution in [2.75, 3.05) is 26.2 Å². The molecular formula is C24H47F5NO5S+. The highest BCUT2D eigenvalue weighted by Gasteiger charge is 2.66. The summed E-state index contributed by atoms with van der Waals surface area (Å²) in [6.07, 6.45) is 0.897.